The molecule has 18 heavy (non-hydrogen) atoms. The number of hydrogen-bond acceptors (Lipinski definition) is 1. The van der Waals surface area contributed by atoms with Crippen molar-refractivity contribution in [3.8, 4) is 0 Å². The van der Waals surface area contributed by atoms with Crippen molar-refractivity contribution in [3.05, 3.63) is 65.7 Å². The molecule has 0 heterocycles. The van der Waals surface area contributed by atoms with E-state index in [2.05, 4.69) is 5.32 Å². The average molecular weight is 260 g/mol. The van der Waals surface area contributed by atoms with Crippen LogP contribution in [0, 0.1) is 0 Å². The quantitative estimate of drug-likeness (QED) is 0.835. The van der Waals surface area contributed by atoms with E-state index in [0.717, 1.165) is 16.8 Å². The van der Waals surface area contributed by atoms with Crippen molar-refractivity contribution in [2.75, 3.05) is 5.32 Å². The van der Waals surface area contributed by atoms with Crippen LogP contribution in [0.4, 0.5) is 5.69 Å². The fraction of sp³-hybridized carbons (Fsp3) is 0.133. The zero-order valence-electron chi connectivity index (χ0n) is 9.90. The molecule has 92 valence electrons. The van der Waals surface area contributed by atoms with Crippen LogP contribution in [0.15, 0.2) is 54.6 Å². The van der Waals surface area contributed by atoms with Crippen LogP contribution in [-0.2, 0) is 17.1 Å². The molecule has 2 rings (SSSR count). The fourth-order valence-corrected chi connectivity index (χ4v) is 1.88. The molecule has 1 amide bonds. The number of halogens is 1. The summed E-state index contributed by atoms with van der Waals surface area (Å²) >= 11 is 5.75. The van der Waals surface area contributed by atoms with Gasteiger partial charge in [0.25, 0.3) is 0 Å². The Morgan fingerprint density at radius 1 is 1.00 bits per heavy atom. The van der Waals surface area contributed by atoms with Gasteiger partial charge >= 0.3 is 0 Å². The average Bonchev–Trinajstić information content (AvgIpc) is 2.40. The van der Waals surface area contributed by atoms with Crippen LogP contribution in [0.2, 0.25) is 0 Å². The number of amides is 1. The minimum atomic E-state index is -0.0204. The lowest BCUT2D eigenvalue weighted by Gasteiger charge is -2.06. The lowest BCUT2D eigenvalue weighted by molar-refractivity contribution is -0.115. The Bertz CT molecular complexity index is 525. The maximum atomic E-state index is 11.8. The van der Waals surface area contributed by atoms with Gasteiger partial charge < -0.3 is 5.32 Å². The molecule has 0 aliphatic carbocycles. The SMILES string of the molecule is O=C(Cc1ccccc1)Nc1cccc(CCl)c1. The number of hydrogen-bond donors (Lipinski definition) is 1. The number of carbonyl (C=O) groups is 1. The number of benzene rings is 2. The Labute approximate surface area is 112 Å². The highest BCUT2D eigenvalue weighted by molar-refractivity contribution is 6.17. The van der Waals surface area contributed by atoms with Gasteiger partial charge in [0, 0.05) is 11.6 Å². The predicted octanol–water partition coefficient (Wildman–Crippen LogP) is 3.61. The van der Waals surface area contributed by atoms with E-state index in [0.29, 0.717) is 12.3 Å². The second-order valence-electron chi connectivity index (χ2n) is 4.04. The van der Waals surface area contributed by atoms with E-state index in [-0.39, 0.29) is 5.91 Å². The largest absolute Gasteiger partial charge is 0.326 e. The molecule has 0 saturated carbocycles. The maximum Gasteiger partial charge on any atom is 0.228 e. The van der Waals surface area contributed by atoms with Crippen molar-refractivity contribution < 1.29 is 4.79 Å². The molecule has 0 spiro atoms. The van der Waals surface area contributed by atoms with Gasteiger partial charge in [-0.3, -0.25) is 4.79 Å². The Morgan fingerprint density at radius 2 is 1.72 bits per heavy atom. The van der Waals surface area contributed by atoms with E-state index in [1.165, 1.54) is 0 Å². The van der Waals surface area contributed by atoms with Gasteiger partial charge in [-0.1, -0.05) is 42.5 Å². The summed E-state index contributed by atoms with van der Waals surface area (Å²) in [6.07, 6.45) is 0.381. The van der Waals surface area contributed by atoms with Gasteiger partial charge in [-0.25, -0.2) is 0 Å². The smallest absolute Gasteiger partial charge is 0.228 e. The van der Waals surface area contributed by atoms with Crippen LogP contribution < -0.4 is 5.32 Å². The first-order valence-corrected chi connectivity index (χ1v) is 6.30. The van der Waals surface area contributed by atoms with Crippen LogP contribution in [0.3, 0.4) is 0 Å². The molecule has 2 aromatic carbocycles. The van der Waals surface area contributed by atoms with E-state index in [9.17, 15) is 4.79 Å². The van der Waals surface area contributed by atoms with E-state index in [4.69, 9.17) is 11.6 Å². The summed E-state index contributed by atoms with van der Waals surface area (Å²) < 4.78 is 0. The molecule has 0 aliphatic heterocycles. The summed E-state index contributed by atoms with van der Waals surface area (Å²) in [5, 5.41) is 2.87. The van der Waals surface area contributed by atoms with Gasteiger partial charge in [0.1, 0.15) is 0 Å². The third-order valence-corrected chi connectivity index (χ3v) is 2.88. The molecule has 0 radical (unpaired) electrons. The van der Waals surface area contributed by atoms with Crippen molar-refractivity contribution in [1.82, 2.24) is 0 Å². The molecule has 2 nitrogen and oxygen atoms in total. The zero-order valence-corrected chi connectivity index (χ0v) is 10.7. The van der Waals surface area contributed by atoms with E-state index < -0.39 is 0 Å². The van der Waals surface area contributed by atoms with Crippen molar-refractivity contribution in [2.45, 2.75) is 12.3 Å². The molecular formula is C15H14ClNO. The maximum absolute atomic E-state index is 11.8. The highest BCUT2D eigenvalue weighted by Gasteiger charge is 2.04. The summed E-state index contributed by atoms with van der Waals surface area (Å²) in [6, 6.07) is 17.2. The molecule has 0 bridgehead atoms. The van der Waals surface area contributed by atoms with Crippen molar-refractivity contribution in [3.63, 3.8) is 0 Å². The van der Waals surface area contributed by atoms with Crippen LogP contribution in [-0.4, -0.2) is 5.91 Å². The number of rotatable bonds is 4. The van der Waals surface area contributed by atoms with Crippen LogP contribution >= 0.6 is 11.6 Å². The molecule has 0 unspecified atom stereocenters. The first-order chi connectivity index (χ1) is 8.78. The first kappa shape index (κ1) is 12.7. The Balaban J connectivity index is 1.99. The first-order valence-electron chi connectivity index (χ1n) is 5.76. The van der Waals surface area contributed by atoms with E-state index in [1.807, 2.05) is 54.6 Å². The Morgan fingerprint density at radius 3 is 2.44 bits per heavy atom. The van der Waals surface area contributed by atoms with Crippen LogP contribution in [0.1, 0.15) is 11.1 Å². The summed E-state index contributed by atoms with van der Waals surface area (Å²) in [5.41, 5.74) is 2.78. The van der Waals surface area contributed by atoms with E-state index >= 15 is 0 Å². The Kier molecular flexibility index (Phi) is 4.37. The normalized spacial score (nSPS) is 10.1. The third-order valence-electron chi connectivity index (χ3n) is 2.57. The second kappa shape index (κ2) is 6.22. The molecule has 1 N–H and O–H groups in total. The van der Waals surface area contributed by atoms with Crippen LogP contribution in [0.25, 0.3) is 0 Å². The highest BCUT2D eigenvalue weighted by atomic mass is 35.5. The summed E-state index contributed by atoms with van der Waals surface area (Å²) in [4.78, 5) is 11.8. The molecule has 2 aromatic rings. The topological polar surface area (TPSA) is 29.1 Å². The van der Waals surface area contributed by atoms with E-state index in [1.54, 1.807) is 0 Å². The van der Waals surface area contributed by atoms with Crippen molar-refractivity contribution in [1.29, 1.82) is 0 Å². The number of carbonyl (C=O) groups excluding carboxylic acids is 1. The molecule has 0 atom stereocenters. The molecule has 0 saturated heterocycles. The summed E-state index contributed by atoms with van der Waals surface area (Å²) in [5.74, 6) is 0.426. The van der Waals surface area contributed by atoms with Gasteiger partial charge in [0.15, 0.2) is 0 Å². The van der Waals surface area contributed by atoms with Gasteiger partial charge in [-0.05, 0) is 23.3 Å². The van der Waals surface area contributed by atoms with Crippen LogP contribution in [0.5, 0.6) is 0 Å². The minimum Gasteiger partial charge on any atom is -0.326 e. The molecule has 0 fully saturated rings. The van der Waals surface area contributed by atoms with Crippen molar-refractivity contribution in [2.24, 2.45) is 0 Å². The minimum absolute atomic E-state index is 0.0204. The fourth-order valence-electron chi connectivity index (χ4n) is 1.72. The third kappa shape index (κ3) is 3.60. The zero-order chi connectivity index (χ0) is 12.8. The number of nitrogens with one attached hydrogen (secondary N) is 1. The van der Waals surface area contributed by atoms with Gasteiger partial charge in [0.05, 0.1) is 6.42 Å². The van der Waals surface area contributed by atoms with Gasteiger partial charge in [-0.2, -0.15) is 0 Å². The lowest BCUT2D eigenvalue weighted by atomic mass is 10.1. The molecule has 0 aromatic heterocycles. The Hall–Kier alpha value is -1.80. The summed E-state index contributed by atoms with van der Waals surface area (Å²) in [6.45, 7) is 0. The summed E-state index contributed by atoms with van der Waals surface area (Å²) in [7, 11) is 0. The standard InChI is InChI=1S/C15H14ClNO/c16-11-13-7-4-8-14(9-13)17-15(18)10-12-5-2-1-3-6-12/h1-9H,10-11H2,(H,17,18). The monoisotopic (exact) mass is 259 g/mol. The lowest BCUT2D eigenvalue weighted by Crippen LogP contribution is -2.14. The molecule has 0 aliphatic rings. The predicted molar refractivity (Wildman–Crippen MR) is 74.8 cm³/mol. The highest BCUT2D eigenvalue weighted by Crippen LogP contribution is 2.13. The number of anilines is 1. The van der Waals surface area contributed by atoms with Gasteiger partial charge in [0.2, 0.25) is 5.91 Å². The second-order valence-corrected chi connectivity index (χ2v) is 4.31. The van der Waals surface area contributed by atoms with Gasteiger partial charge in [-0.15, -0.1) is 11.6 Å². The molecule has 3 heteroatoms. The van der Waals surface area contributed by atoms with Crippen molar-refractivity contribution >= 4 is 23.2 Å². The number of alkyl halides is 1. The molecular weight excluding hydrogens is 246 g/mol.